The molecule has 0 aliphatic rings. The number of nitrogens with two attached hydrogens (primary N) is 1. The minimum atomic E-state index is -0.405. The standard InChI is InChI=1S/C14H19N5O/c1-4-19(3)14(20)9(2)16-13-12(15)17-10-7-5-6-8-11(10)18-13/h5-9H,4H2,1-3H3,(H2,15,17)(H,16,18). The van der Waals surface area contributed by atoms with Gasteiger partial charge in [-0.15, -0.1) is 0 Å². The Morgan fingerprint density at radius 2 is 1.95 bits per heavy atom. The van der Waals surface area contributed by atoms with Crippen molar-refractivity contribution < 1.29 is 4.79 Å². The Labute approximate surface area is 118 Å². The Balaban J connectivity index is 2.25. The Kier molecular flexibility index (Phi) is 4.02. The quantitative estimate of drug-likeness (QED) is 0.881. The number of carbonyl (C=O) groups excluding carboxylic acids is 1. The molecule has 0 bridgehead atoms. The van der Waals surface area contributed by atoms with E-state index in [-0.39, 0.29) is 5.91 Å². The second-order valence-corrected chi connectivity index (χ2v) is 4.66. The Morgan fingerprint density at radius 1 is 1.35 bits per heavy atom. The van der Waals surface area contributed by atoms with Crippen molar-refractivity contribution >= 4 is 28.6 Å². The zero-order chi connectivity index (χ0) is 14.7. The van der Waals surface area contributed by atoms with Crippen LogP contribution in [0.4, 0.5) is 11.6 Å². The highest BCUT2D eigenvalue weighted by Gasteiger charge is 2.18. The number of hydrogen-bond acceptors (Lipinski definition) is 5. The minimum absolute atomic E-state index is 0.0122. The molecule has 0 aliphatic heterocycles. The fourth-order valence-corrected chi connectivity index (χ4v) is 1.87. The molecule has 6 heteroatoms. The molecule has 2 aromatic rings. The van der Waals surface area contributed by atoms with Crippen molar-refractivity contribution in [1.82, 2.24) is 14.9 Å². The van der Waals surface area contributed by atoms with Crippen LogP contribution < -0.4 is 11.1 Å². The molecule has 0 saturated carbocycles. The van der Waals surface area contributed by atoms with Crippen molar-refractivity contribution in [3.8, 4) is 0 Å². The third-order valence-corrected chi connectivity index (χ3v) is 3.17. The molecule has 1 heterocycles. The van der Waals surface area contributed by atoms with Gasteiger partial charge in [0.1, 0.15) is 6.04 Å². The van der Waals surface area contributed by atoms with Gasteiger partial charge in [0.15, 0.2) is 11.6 Å². The lowest BCUT2D eigenvalue weighted by Gasteiger charge is -2.21. The maximum Gasteiger partial charge on any atom is 0.244 e. The van der Waals surface area contributed by atoms with E-state index in [1.54, 1.807) is 18.9 Å². The summed E-state index contributed by atoms with van der Waals surface area (Å²) in [4.78, 5) is 22.4. The summed E-state index contributed by atoms with van der Waals surface area (Å²) in [5.74, 6) is 0.721. The van der Waals surface area contributed by atoms with E-state index in [2.05, 4.69) is 15.3 Å². The summed E-state index contributed by atoms with van der Waals surface area (Å²) in [6.45, 7) is 4.36. The molecule has 6 nitrogen and oxygen atoms in total. The van der Waals surface area contributed by atoms with Crippen LogP contribution in [0.5, 0.6) is 0 Å². The van der Waals surface area contributed by atoms with Crippen molar-refractivity contribution in [1.29, 1.82) is 0 Å². The van der Waals surface area contributed by atoms with Crippen LogP contribution in [0.2, 0.25) is 0 Å². The lowest BCUT2D eigenvalue weighted by atomic mass is 10.2. The number of fused-ring (bicyclic) bond motifs is 1. The maximum absolute atomic E-state index is 12.0. The number of nitrogens with one attached hydrogen (secondary N) is 1. The van der Waals surface area contributed by atoms with Gasteiger partial charge in [0, 0.05) is 13.6 Å². The zero-order valence-corrected chi connectivity index (χ0v) is 11.9. The summed E-state index contributed by atoms with van der Waals surface area (Å²) >= 11 is 0. The number of anilines is 2. The third kappa shape index (κ3) is 2.79. The van der Waals surface area contributed by atoms with Crippen LogP contribution in [0.25, 0.3) is 11.0 Å². The largest absolute Gasteiger partial charge is 0.381 e. The van der Waals surface area contributed by atoms with Crippen LogP contribution in [0, 0.1) is 0 Å². The van der Waals surface area contributed by atoms with Crippen molar-refractivity contribution in [2.24, 2.45) is 0 Å². The number of likely N-dealkylation sites (N-methyl/N-ethyl adjacent to an activating group) is 1. The van der Waals surface area contributed by atoms with Gasteiger partial charge in [-0.25, -0.2) is 9.97 Å². The molecular weight excluding hydrogens is 254 g/mol. The van der Waals surface area contributed by atoms with Gasteiger partial charge < -0.3 is 16.0 Å². The van der Waals surface area contributed by atoms with Gasteiger partial charge in [-0.05, 0) is 26.0 Å². The van der Waals surface area contributed by atoms with E-state index in [4.69, 9.17) is 5.73 Å². The number of amides is 1. The van der Waals surface area contributed by atoms with Crippen molar-refractivity contribution in [2.45, 2.75) is 19.9 Å². The van der Waals surface area contributed by atoms with Crippen LogP contribution >= 0.6 is 0 Å². The van der Waals surface area contributed by atoms with Crippen LogP contribution in [0.1, 0.15) is 13.8 Å². The number of nitrogen functional groups attached to an aromatic ring is 1. The molecule has 1 aromatic heterocycles. The van der Waals surface area contributed by atoms with E-state index in [0.717, 1.165) is 11.0 Å². The molecule has 20 heavy (non-hydrogen) atoms. The average molecular weight is 273 g/mol. The lowest BCUT2D eigenvalue weighted by molar-refractivity contribution is -0.130. The van der Waals surface area contributed by atoms with Crippen LogP contribution in [0.15, 0.2) is 24.3 Å². The average Bonchev–Trinajstić information content (AvgIpc) is 2.46. The molecule has 1 atom stereocenters. The molecule has 0 fully saturated rings. The van der Waals surface area contributed by atoms with E-state index in [0.29, 0.717) is 18.2 Å². The molecular formula is C14H19N5O. The normalized spacial score (nSPS) is 12.2. The zero-order valence-electron chi connectivity index (χ0n) is 11.9. The van der Waals surface area contributed by atoms with E-state index in [1.807, 2.05) is 31.2 Å². The first-order valence-corrected chi connectivity index (χ1v) is 6.56. The van der Waals surface area contributed by atoms with Gasteiger partial charge in [0.05, 0.1) is 11.0 Å². The van der Waals surface area contributed by atoms with Gasteiger partial charge in [-0.1, -0.05) is 12.1 Å². The fraction of sp³-hybridized carbons (Fsp3) is 0.357. The highest BCUT2D eigenvalue weighted by molar-refractivity contribution is 5.86. The Bertz CT molecular complexity index is 628. The summed E-state index contributed by atoms with van der Waals surface area (Å²) in [5.41, 5.74) is 7.36. The Hall–Kier alpha value is -2.37. The van der Waals surface area contributed by atoms with E-state index in [9.17, 15) is 4.79 Å². The molecule has 0 spiro atoms. The van der Waals surface area contributed by atoms with Gasteiger partial charge in [-0.2, -0.15) is 0 Å². The number of benzene rings is 1. The summed E-state index contributed by atoms with van der Waals surface area (Å²) in [6, 6.07) is 7.07. The van der Waals surface area contributed by atoms with E-state index < -0.39 is 6.04 Å². The maximum atomic E-state index is 12.0. The number of carbonyl (C=O) groups is 1. The van der Waals surface area contributed by atoms with Crippen LogP contribution in [0.3, 0.4) is 0 Å². The number of nitrogens with zero attached hydrogens (tertiary/aromatic N) is 3. The number of rotatable bonds is 4. The molecule has 106 valence electrons. The molecule has 1 unspecified atom stereocenters. The molecule has 3 N–H and O–H groups in total. The molecule has 1 aromatic carbocycles. The second kappa shape index (κ2) is 5.73. The summed E-state index contributed by atoms with van der Waals surface area (Å²) < 4.78 is 0. The molecule has 0 aliphatic carbocycles. The van der Waals surface area contributed by atoms with Crippen LogP contribution in [-0.4, -0.2) is 40.4 Å². The van der Waals surface area contributed by atoms with Gasteiger partial charge >= 0.3 is 0 Å². The summed E-state index contributed by atoms with van der Waals surface area (Å²) in [7, 11) is 1.76. The van der Waals surface area contributed by atoms with Gasteiger partial charge in [0.25, 0.3) is 0 Å². The predicted octanol–water partition coefficient (Wildman–Crippen LogP) is 1.49. The van der Waals surface area contributed by atoms with Gasteiger partial charge in [-0.3, -0.25) is 4.79 Å². The highest BCUT2D eigenvalue weighted by atomic mass is 16.2. The minimum Gasteiger partial charge on any atom is -0.381 e. The smallest absolute Gasteiger partial charge is 0.244 e. The molecule has 0 saturated heterocycles. The van der Waals surface area contributed by atoms with Crippen molar-refractivity contribution in [2.75, 3.05) is 24.6 Å². The topological polar surface area (TPSA) is 84.1 Å². The number of aromatic nitrogens is 2. The van der Waals surface area contributed by atoms with Crippen LogP contribution in [-0.2, 0) is 4.79 Å². The monoisotopic (exact) mass is 273 g/mol. The number of para-hydroxylation sites is 2. The molecule has 0 radical (unpaired) electrons. The molecule has 2 rings (SSSR count). The number of hydrogen-bond donors (Lipinski definition) is 2. The lowest BCUT2D eigenvalue weighted by Crippen LogP contribution is -2.39. The predicted molar refractivity (Wildman–Crippen MR) is 80.3 cm³/mol. The van der Waals surface area contributed by atoms with Gasteiger partial charge in [0.2, 0.25) is 5.91 Å². The fourth-order valence-electron chi connectivity index (χ4n) is 1.87. The SMILES string of the molecule is CCN(C)C(=O)C(C)Nc1nc2ccccc2nc1N. The first-order valence-electron chi connectivity index (χ1n) is 6.56. The van der Waals surface area contributed by atoms with Crippen molar-refractivity contribution in [3.63, 3.8) is 0 Å². The summed E-state index contributed by atoms with van der Waals surface area (Å²) in [5, 5.41) is 3.03. The third-order valence-electron chi connectivity index (χ3n) is 3.17. The van der Waals surface area contributed by atoms with E-state index >= 15 is 0 Å². The summed E-state index contributed by atoms with van der Waals surface area (Å²) in [6.07, 6.45) is 0. The molecule has 1 amide bonds. The second-order valence-electron chi connectivity index (χ2n) is 4.66. The highest BCUT2D eigenvalue weighted by Crippen LogP contribution is 2.19. The first kappa shape index (κ1) is 14.0. The van der Waals surface area contributed by atoms with E-state index in [1.165, 1.54) is 0 Å². The van der Waals surface area contributed by atoms with Crippen molar-refractivity contribution in [3.05, 3.63) is 24.3 Å². The first-order chi connectivity index (χ1) is 9.52. The Morgan fingerprint density at radius 3 is 2.55 bits per heavy atom.